The smallest absolute Gasteiger partial charge is 0.311 e. The number of aliphatic imine (C=N–C) groups is 1. The van der Waals surface area contributed by atoms with E-state index in [4.69, 9.17) is 4.74 Å². The van der Waals surface area contributed by atoms with Crippen molar-refractivity contribution in [3.63, 3.8) is 0 Å². The van der Waals surface area contributed by atoms with Crippen molar-refractivity contribution in [3.05, 3.63) is 12.2 Å². The zero-order chi connectivity index (χ0) is 11.8. The lowest BCUT2D eigenvalue weighted by Crippen LogP contribution is -2.09. The van der Waals surface area contributed by atoms with Gasteiger partial charge in [-0.3, -0.25) is 9.79 Å². The molecule has 0 spiro atoms. The van der Waals surface area contributed by atoms with Gasteiger partial charge in [0.15, 0.2) is 0 Å². The third kappa shape index (κ3) is 6.89. The summed E-state index contributed by atoms with van der Waals surface area (Å²) in [4.78, 5) is 15.4. The molecule has 0 aliphatic rings. The van der Waals surface area contributed by atoms with E-state index in [1.807, 2.05) is 6.92 Å². The van der Waals surface area contributed by atoms with Crippen LogP contribution >= 0.6 is 0 Å². The van der Waals surface area contributed by atoms with Gasteiger partial charge >= 0.3 is 5.97 Å². The van der Waals surface area contributed by atoms with E-state index in [2.05, 4.69) is 25.4 Å². The first-order valence-electron chi connectivity index (χ1n) is 5.30. The molecule has 3 nitrogen and oxygen atoms in total. The van der Waals surface area contributed by atoms with Crippen molar-refractivity contribution < 1.29 is 9.53 Å². The number of hydrogen-bond acceptors (Lipinski definition) is 3. The van der Waals surface area contributed by atoms with E-state index < -0.39 is 0 Å². The molecule has 0 aromatic heterocycles. The number of nitrogens with zero attached hydrogens (tertiary/aromatic N) is 1. The van der Waals surface area contributed by atoms with Crippen LogP contribution < -0.4 is 0 Å². The Bertz CT molecular complexity index is 254. The highest BCUT2D eigenvalue weighted by atomic mass is 16.5. The molecule has 0 saturated heterocycles. The molecule has 0 aromatic rings. The summed E-state index contributed by atoms with van der Waals surface area (Å²) in [5.41, 5.74) is 1.88. The highest BCUT2D eigenvalue weighted by Crippen LogP contribution is 2.06. The fourth-order valence-corrected chi connectivity index (χ4v) is 0.896. The predicted octanol–water partition coefficient (Wildman–Crippen LogP) is 2.61. The summed E-state index contributed by atoms with van der Waals surface area (Å²) >= 11 is 0. The van der Waals surface area contributed by atoms with Gasteiger partial charge in [0.1, 0.15) is 0 Å². The monoisotopic (exact) mass is 211 g/mol. The maximum absolute atomic E-state index is 11.1. The largest absolute Gasteiger partial charge is 0.466 e. The highest BCUT2D eigenvalue weighted by Gasteiger charge is 2.04. The van der Waals surface area contributed by atoms with Crippen LogP contribution in [-0.4, -0.2) is 24.8 Å². The normalized spacial score (nSPS) is 11.7. The fraction of sp³-hybridized carbons (Fsp3) is 0.667. The second kappa shape index (κ2) is 7.21. The molecule has 0 atom stereocenters. The van der Waals surface area contributed by atoms with Gasteiger partial charge in [0.25, 0.3) is 0 Å². The first kappa shape index (κ1) is 13.9. The third-order valence-electron chi connectivity index (χ3n) is 2.07. The molecule has 3 heteroatoms. The summed E-state index contributed by atoms with van der Waals surface area (Å²) in [6.45, 7) is 12.7. The molecule has 0 aliphatic carbocycles. The molecule has 0 aromatic carbocycles. The average Bonchev–Trinajstić information content (AvgIpc) is 2.14. The number of rotatable bonds is 6. The van der Waals surface area contributed by atoms with Gasteiger partial charge in [0.05, 0.1) is 19.6 Å². The Balaban J connectivity index is 3.99. The summed E-state index contributed by atoms with van der Waals surface area (Å²) in [6, 6.07) is 0. The highest BCUT2D eigenvalue weighted by molar-refractivity contribution is 5.97. The predicted molar refractivity (Wildman–Crippen MR) is 63.2 cm³/mol. The van der Waals surface area contributed by atoms with Crippen LogP contribution in [0.15, 0.2) is 17.1 Å². The van der Waals surface area contributed by atoms with Crippen molar-refractivity contribution >= 4 is 11.7 Å². The summed E-state index contributed by atoms with van der Waals surface area (Å²) < 4.78 is 4.82. The molecule has 86 valence electrons. The molecule has 0 radical (unpaired) electrons. The Morgan fingerprint density at radius 1 is 1.47 bits per heavy atom. The van der Waals surface area contributed by atoms with Crippen molar-refractivity contribution in [1.29, 1.82) is 0 Å². The molecule has 0 N–H and O–H groups in total. The lowest BCUT2D eigenvalue weighted by Gasteiger charge is -2.06. The van der Waals surface area contributed by atoms with Crippen molar-refractivity contribution in [3.8, 4) is 0 Å². The summed E-state index contributed by atoms with van der Waals surface area (Å²) in [6.07, 6.45) is 0.277. The van der Waals surface area contributed by atoms with Gasteiger partial charge in [-0.25, -0.2) is 0 Å². The van der Waals surface area contributed by atoms with Crippen molar-refractivity contribution in [2.24, 2.45) is 10.9 Å². The van der Waals surface area contributed by atoms with Gasteiger partial charge in [0, 0.05) is 5.71 Å². The molecular formula is C12H21NO2. The minimum absolute atomic E-state index is 0.214. The van der Waals surface area contributed by atoms with E-state index >= 15 is 0 Å². The van der Waals surface area contributed by atoms with Crippen LogP contribution in [0.5, 0.6) is 0 Å². The molecule has 0 amide bonds. The van der Waals surface area contributed by atoms with Crippen LogP contribution in [-0.2, 0) is 9.53 Å². The van der Waals surface area contributed by atoms with Crippen LogP contribution in [0.4, 0.5) is 0 Å². The van der Waals surface area contributed by atoms with Gasteiger partial charge < -0.3 is 4.74 Å². The van der Waals surface area contributed by atoms with Crippen molar-refractivity contribution in [2.45, 2.75) is 34.1 Å². The zero-order valence-electron chi connectivity index (χ0n) is 10.2. The van der Waals surface area contributed by atoms with Gasteiger partial charge in [-0.1, -0.05) is 26.0 Å². The van der Waals surface area contributed by atoms with E-state index in [1.165, 1.54) is 0 Å². The maximum atomic E-state index is 11.1. The Hall–Kier alpha value is -1.12. The lowest BCUT2D eigenvalue weighted by atomic mass is 10.1. The molecule has 0 saturated carbocycles. The van der Waals surface area contributed by atoms with Gasteiger partial charge in [-0.2, -0.15) is 0 Å². The number of ether oxygens (including phenoxy) is 1. The quantitative estimate of drug-likeness (QED) is 0.385. The second-order valence-corrected chi connectivity index (χ2v) is 3.85. The Kier molecular flexibility index (Phi) is 6.67. The SMILES string of the molecule is C=C(CN=C(C)CC(=O)OCC)C(C)C. The Morgan fingerprint density at radius 3 is 2.53 bits per heavy atom. The molecule has 0 bridgehead atoms. The van der Waals surface area contributed by atoms with Crippen molar-refractivity contribution in [2.75, 3.05) is 13.2 Å². The number of esters is 1. The topological polar surface area (TPSA) is 38.7 Å². The average molecular weight is 211 g/mol. The van der Waals surface area contributed by atoms with Gasteiger partial charge in [0.2, 0.25) is 0 Å². The van der Waals surface area contributed by atoms with Crippen LogP contribution in [0.3, 0.4) is 0 Å². The minimum atomic E-state index is -0.214. The first-order valence-corrected chi connectivity index (χ1v) is 5.30. The zero-order valence-corrected chi connectivity index (χ0v) is 10.2. The number of carbonyl (C=O) groups excluding carboxylic acids is 1. The molecular weight excluding hydrogens is 190 g/mol. The summed E-state index contributed by atoms with van der Waals surface area (Å²) in [5, 5.41) is 0. The molecule has 0 aliphatic heterocycles. The van der Waals surface area contributed by atoms with E-state index in [9.17, 15) is 4.79 Å². The number of carbonyl (C=O) groups is 1. The molecule has 0 rings (SSSR count). The second-order valence-electron chi connectivity index (χ2n) is 3.85. The van der Waals surface area contributed by atoms with Crippen LogP contribution in [0, 0.1) is 5.92 Å². The number of hydrogen-bond donors (Lipinski definition) is 0. The standard InChI is InChI=1S/C12H21NO2/c1-6-15-12(14)7-11(5)13-8-10(4)9(2)3/h9H,4,6-8H2,1-3,5H3. The Morgan fingerprint density at radius 2 is 2.07 bits per heavy atom. The van der Waals surface area contributed by atoms with E-state index in [1.54, 1.807) is 6.92 Å². The van der Waals surface area contributed by atoms with E-state index in [0.29, 0.717) is 19.1 Å². The summed E-state index contributed by atoms with van der Waals surface area (Å²) in [7, 11) is 0. The lowest BCUT2D eigenvalue weighted by molar-refractivity contribution is -0.141. The van der Waals surface area contributed by atoms with Crippen LogP contribution in [0.25, 0.3) is 0 Å². The molecule has 0 unspecified atom stereocenters. The van der Waals surface area contributed by atoms with E-state index in [-0.39, 0.29) is 12.4 Å². The third-order valence-corrected chi connectivity index (χ3v) is 2.07. The van der Waals surface area contributed by atoms with Gasteiger partial charge in [-0.05, 0) is 19.8 Å². The molecule has 0 fully saturated rings. The van der Waals surface area contributed by atoms with Crippen molar-refractivity contribution in [1.82, 2.24) is 0 Å². The maximum Gasteiger partial charge on any atom is 0.311 e. The summed E-state index contributed by atoms with van der Waals surface area (Å²) in [5.74, 6) is 0.220. The van der Waals surface area contributed by atoms with Crippen LogP contribution in [0.2, 0.25) is 0 Å². The van der Waals surface area contributed by atoms with Crippen LogP contribution in [0.1, 0.15) is 34.1 Å². The Labute approximate surface area is 92.2 Å². The molecule has 0 heterocycles. The first-order chi connectivity index (χ1) is 6.97. The van der Waals surface area contributed by atoms with Gasteiger partial charge in [-0.15, -0.1) is 0 Å². The fourth-order valence-electron chi connectivity index (χ4n) is 0.896. The minimum Gasteiger partial charge on any atom is -0.466 e. The molecule has 15 heavy (non-hydrogen) atoms. The van der Waals surface area contributed by atoms with E-state index in [0.717, 1.165) is 11.3 Å².